The van der Waals surface area contributed by atoms with Gasteiger partial charge < -0.3 is 10.1 Å². The van der Waals surface area contributed by atoms with E-state index in [0.717, 1.165) is 9.87 Å². The largest absolute Gasteiger partial charge is 0.497 e. The molecule has 6 nitrogen and oxygen atoms in total. The van der Waals surface area contributed by atoms with Gasteiger partial charge in [0.15, 0.2) is 0 Å². The van der Waals surface area contributed by atoms with Gasteiger partial charge in [0.05, 0.1) is 17.7 Å². The van der Waals surface area contributed by atoms with Gasteiger partial charge in [0, 0.05) is 24.2 Å². The third-order valence-electron chi connectivity index (χ3n) is 4.53. The Balaban J connectivity index is 1.78. The Morgan fingerprint density at radius 3 is 2.40 bits per heavy atom. The highest BCUT2D eigenvalue weighted by Crippen LogP contribution is 2.24. The Hall–Kier alpha value is -3.03. The van der Waals surface area contributed by atoms with Crippen LogP contribution in [0.4, 0.5) is 5.69 Å². The van der Waals surface area contributed by atoms with E-state index < -0.39 is 10.0 Å². The van der Waals surface area contributed by atoms with Gasteiger partial charge >= 0.3 is 0 Å². The van der Waals surface area contributed by atoms with Crippen molar-refractivity contribution in [1.82, 2.24) is 5.32 Å². The van der Waals surface area contributed by atoms with Gasteiger partial charge in [0.2, 0.25) is 0 Å². The van der Waals surface area contributed by atoms with Gasteiger partial charge in [0.25, 0.3) is 15.9 Å². The van der Waals surface area contributed by atoms with Crippen LogP contribution in [0.25, 0.3) is 0 Å². The normalized spacial score (nSPS) is 11.0. The molecule has 1 amide bonds. The van der Waals surface area contributed by atoms with Gasteiger partial charge in [-0.2, -0.15) is 0 Å². The Bertz CT molecular complexity index is 1150. The number of anilines is 1. The molecule has 0 spiro atoms. The maximum absolute atomic E-state index is 13.0. The molecule has 0 saturated heterocycles. The van der Waals surface area contributed by atoms with Gasteiger partial charge in [-0.15, -0.1) is 0 Å². The minimum absolute atomic E-state index is 0.0243. The number of rotatable bonds is 7. The van der Waals surface area contributed by atoms with Gasteiger partial charge in [0.1, 0.15) is 5.75 Å². The molecular weight excluding hydrogens is 424 g/mol. The smallest absolute Gasteiger partial charge is 0.264 e. The molecule has 0 unspecified atom stereocenters. The molecule has 0 heterocycles. The number of ether oxygens (including phenoxy) is 1. The number of carbonyl (C=O) groups excluding carboxylic acids is 1. The molecule has 0 atom stereocenters. The monoisotopic (exact) mass is 444 g/mol. The van der Waals surface area contributed by atoms with Crippen molar-refractivity contribution in [3.05, 3.63) is 88.9 Å². The van der Waals surface area contributed by atoms with Crippen LogP contribution < -0.4 is 14.4 Å². The first-order chi connectivity index (χ1) is 14.3. The lowest BCUT2D eigenvalue weighted by atomic mass is 10.2. The minimum atomic E-state index is -3.85. The third kappa shape index (κ3) is 4.93. The predicted molar refractivity (Wildman–Crippen MR) is 118 cm³/mol. The maximum atomic E-state index is 13.0. The summed E-state index contributed by atoms with van der Waals surface area (Å²) in [6, 6.07) is 19.8. The SMILES string of the molecule is COc1ccc(N(C)S(=O)(=O)c2cccc(C(=O)NCc3cccc(Cl)c3)c2)cc1. The fraction of sp³-hybridized carbons (Fsp3) is 0.136. The molecule has 0 bridgehead atoms. The molecule has 0 saturated carbocycles. The second-order valence-corrected chi connectivity index (χ2v) is 8.92. The van der Waals surface area contributed by atoms with Crippen LogP contribution in [-0.4, -0.2) is 28.5 Å². The van der Waals surface area contributed by atoms with Crippen LogP contribution in [0, 0.1) is 0 Å². The highest BCUT2D eigenvalue weighted by molar-refractivity contribution is 7.92. The molecule has 3 aromatic carbocycles. The Labute approximate surface area is 181 Å². The van der Waals surface area contributed by atoms with Gasteiger partial charge in [-0.3, -0.25) is 9.10 Å². The quantitative estimate of drug-likeness (QED) is 0.595. The van der Waals surface area contributed by atoms with E-state index in [1.54, 1.807) is 61.7 Å². The van der Waals surface area contributed by atoms with Crippen molar-refractivity contribution < 1.29 is 17.9 Å². The number of sulfonamides is 1. The molecule has 0 aliphatic carbocycles. The summed E-state index contributed by atoms with van der Waals surface area (Å²) in [6.07, 6.45) is 0. The highest BCUT2D eigenvalue weighted by Gasteiger charge is 2.22. The molecule has 0 aliphatic heterocycles. The molecule has 156 valence electrons. The first-order valence-corrected chi connectivity index (χ1v) is 10.9. The van der Waals surface area contributed by atoms with Crippen LogP contribution >= 0.6 is 11.6 Å². The highest BCUT2D eigenvalue weighted by atomic mass is 35.5. The van der Waals surface area contributed by atoms with Crippen LogP contribution in [0.5, 0.6) is 5.75 Å². The first-order valence-electron chi connectivity index (χ1n) is 9.07. The molecule has 30 heavy (non-hydrogen) atoms. The minimum Gasteiger partial charge on any atom is -0.497 e. The van der Waals surface area contributed by atoms with Gasteiger partial charge in [-0.1, -0.05) is 29.8 Å². The average molecular weight is 445 g/mol. The number of benzene rings is 3. The maximum Gasteiger partial charge on any atom is 0.264 e. The topological polar surface area (TPSA) is 75.7 Å². The standard InChI is InChI=1S/C22H21ClN2O4S/c1-25(19-9-11-20(29-2)12-10-19)30(27,28)21-8-4-6-17(14-21)22(26)24-15-16-5-3-7-18(23)13-16/h3-14H,15H2,1-2H3,(H,24,26). The number of methoxy groups -OCH3 is 1. The van der Waals surface area contributed by atoms with Crippen LogP contribution in [0.15, 0.2) is 77.7 Å². The summed E-state index contributed by atoms with van der Waals surface area (Å²) in [4.78, 5) is 12.6. The summed E-state index contributed by atoms with van der Waals surface area (Å²) in [6.45, 7) is 0.280. The molecule has 3 rings (SSSR count). The second kappa shape index (κ2) is 9.19. The van der Waals surface area contributed by atoms with Crippen molar-refractivity contribution in [2.24, 2.45) is 0 Å². The Morgan fingerprint density at radius 2 is 1.73 bits per heavy atom. The molecule has 0 aliphatic rings. The number of halogens is 1. The zero-order valence-corrected chi connectivity index (χ0v) is 18.1. The summed E-state index contributed by atoms with van der Waals surface area (Å²) in [7, 11) is -0.844. The lowest BCUT2D eigenvalue weighted by Crippen LogP contribution is -2.27. The van der Waals surface area contributed by atoms with Crippen LogP contribution in [0.1, 0.15) is 15.9 Å². The molecular formula is C22H21ClN2O4S. The van der Waals surface area contributed by atoms with Crippen molar-refractivity contribution >= 4 is 33.2 Å². The zero-order valence-electron chi connectivity index (χ0n) is 16.5. The summed E-state index contributed by atoms with van der Waals surface area (Å²) in [5.74, 6) is 0.252. The van der Waals surface area contributed by atoms with Crippen molar-refractivity contribution in [3.63, 3.8) is 0 Å². The number of nitrogens with one attached hydrogen (secondary N) is 1. The summed E-state index contributed by atoms with van der Waals surface area (Å²) in [5, 5.41) is 3.35. The molecule has 3 aromatic rings. The first kappa shape index (κ1) is 21.7. The van der Waals surface area contributed by atoms with E-state index in [9.17, 15) is 13.2 Å². The fourth-order valence-electron chi connectivity index (χ4n) is 2.82. The van der Waals surface area contributed by atoms with Crippen LogP contribution in [-0.2, 0) is 16.6 Å². The van der Waals surface area contributed by atoms with Crippen molar-refractivity contribution in [1.29, 1.82) is 0 Å². The molecule has 0 radical (unpaired) electrons. The third-order valence-corrected chi connectivity index (χ3v) is 6.55. The Morgan fingerprint density at radius 1 is 1.03 bits per heavy atom. The van der Waals surface area contributed by atoms with E-state index in [0.29, 0.717) is 16.5 Å². The molecule has 0 fully saturated rings. The van der Waals surface area contributed by atoms with Crippen molar-refractivity contribution in [3.8, 4) is 5.75 Å². The summed E-state index contributed by atoms with van der Waals surface area (Å²) < 4.78 is 32.3. The van der Waals surface area contributed by atoms with E-state index in [-0.39, 0.29) is 22.9 Å². The predicted octanol–water partition coefficient (Wildman–Crippen LogP) is 4.10. The van der Waals surface area contributed by atoms with Gasteiger partial charge in [-0.25, -0.2) is 8.42 Å². The van der Waals surface area contributed by atoms with Crippen molar-refractivity contribution in [2.45, 2.75) is 11.4 Å². The summed E-state index contributed by atoms with van der Waals surface area (Å²) in [5.41, 5.74) is 1.58. The lowest BCUT2D eigenvalue weighted by Gasteiger charge is -2.20. The number of amides is 1. The van der Waals surface area contributed by atoms with E-state index >= 15 is 0 Å². The molecule has 8 heteroatoms. The molecule has 0 aromatic heterocycles. The summed E-state index contributed by atoms with van der Waals surface area (Å²) >= 11 is 5.95. The Kier molecular flexibility index (Phi) is 6.64. The van der Waals surface area contributed by atoms with E-state index in [1.165, 1.54) is 19.2 Å². The van der Waals surface area contributed by atoms with E-state index in [4.69, 9.17) is 16.3 Å². The number of hydrogen-bond acceptors (Lipinski definition) is 4. The number of hydrogen-bond donors (Lipinski definition) is 1. The average Bonchev–Trinajstić information content (AvgIpc) is 2.77. The second-order valence-electron chi connectivity index (χ2n) is 6.51. The van der Waals surface area contributed by atoms with Gasteiger partial charge in [-0.05, 0) is 60.2 Å². The van der Waals surface area contributed by atoms with Crippen LogP contribution in [0.2, 0.25) is 5.02 Å². The number of carbonyl (C=O) groups is 1. The van der Waals surface area contributed by atoms with E-state index in [2.05, 4.69) is 5.32 Å². The zero-order chi connectivity index (χ0) is 21.7. The molecule has 1 N–H and O–H groups in total. The van der Waals surface area contributed by atoms with Crippen molar-refractivity contribution in [2.75, 3.05) is 18.5 Å². The van der Waals surface area contributed by atoms with Crippen LogP contribution in [0.3, 0.4) is 0 Å². The fourth-order valence-corrected chi connectivity index (χ4v) is 4.27. The van der Waals surface area contributed by atoms with E-state index in [1.807, 2.05) is 6.07 Å². The number of nitrogens with zero attached hydrogens (tertiary/aromatic N) is 1. The lowest BCUT2D eigenvalue weighted by molar-refractivity contribution is 0.0950.